The third-order valence-corrected chi connectivity index (χ3v) is 4.69. The standard InChI is InChI=1S/C19H20ClN5O3/c1-4-17(26)25-5-6-28-11(2)18(25)12-7-14(24-16(20)8-12)13-9-15(19(27)21-3)23-10-22-13/h4,7-11,18H,1,5-6H2,2-3H3,(H,21,27). The van der Waals surface area contributed by atoms with Crippen LogP contribution in [0.1, 0.15) is 29.0 Å². The molecule has 8 nitrogen and oxygen atoms in total. The molecule has 0 radical (unpaired) electrons. The highest BCUT2D eigenvalue weighted by Gasteiger charge is 2.33. The summed E-state index contributed by atoms with van der Waals surface area (Å²) in [5.74, 6) is -0.512. The van der Waals surface area contributed by atoms with Crippen molar-refractivity contribution in [1.82, 2.24) is 25.2 Å². The zero-order chi connectivity index (χ0) is 20.3. The van der Waals surface area contributed by atoms with Crippen LogP contribution in [0.5, 0.6) is 0 Å². The monoisotopic (exact) mass is 401 g/mol. The van der Waals surface area contributed by atoms with Crippen LogP contribution in [0, 0.1) is 0 Å². The summed E-state index contributed by atoms with van der Waals surface area (Å²) in [4.78, 5) is 38.4. The number of amides is 2. The highest BCUT2D eigenvalue weighted by Crippen LogP contribution is 2.33. The first-order valence-corrected chi connectivity index (χ1v) is 9.09. The molecule has 0 bridgehead atoms. The summed E-state index contributed by atoms with van der Waals surface area (Å²) in [5.41, 5.74) is 1.90. The van der Waals surface area contributed by atoms with E-state index in [0.717, 1.165) is 5.56 Å². The maximum Gasteiger partial charge on any atom is 0.269 e. The van der Waals surface area contributed by atoms with Crippen LogP contribution in [0.2, 0.25) is 5.15 Å². The maximum atomic E-state index is 12.3. The molecule has 1 N–H and O–H groups in total. The van der Waals surface area contributed by atoms with Crippen molar-refractivity contribution in [1.29, 1.82) is 0 Å². The maximum absolute atomic E-state index is 12.3. The molecule has 2 aromatic rings. The van der Waals surface area contributed by atoms with E-state index in [-0.39, 0.29) is 34.8 Å². The number of ether oxygens (including phenoxy) is 1. The molecule has 1 saturated heterocycles. The Labute approximate surface area is 167 Å². The fourth-order valence-corrected chi connectivity index (χ4v) is 3.42. The number of hydrogen-bond donors (Lipinski definition) is 1. The van der Waals surface area contributed by atoms with E-state index in [1.54, 1.807) is 17.0 Å². The molecule has 0 spiro atoms. The van der Waals surface area contributed by atoms with Gasteiger partial charge in [0.15, 0.2) is 0 Å². The van der Waals surface area contributed by atoms with Crippen molar-refractivity contribution in [3.63, 3.8) is 0 Å². The molecule has 2 aromatic heterocycles. The Hall–Kier alpha value is -2.84. The summed E-state index contributed by atoms with van der Waals surface area (Å²) in [6.07, 6.45) is 2.34. The molecule has 1 aliphatic rings. The minimum Gasteiger partial charge on any atom is -0.374 e. The molecule has 28 heavy (non-hydrogen) atoms. The lowest BCUT2D eigenvalue weighted by Gasteiger charge is -2.39. The summed E-state index contributed by atoms with van der Waals surface area (Å²) < 4.78 is 5.75. The Bertz CT molecular complexity index is 920. The van der Waals surface area contributed by atoms with Gasteiger partial charge in [0.05, 0.1) is 30.1 Å². The van der Waals surface area contributed by atoms with Crippen molar-refractivity contribution < 1.29 is 14.3 Å². The van der Waals surface area contributed by atoms with Gasteiger partial charge in [-0.3, -0.25) is 9.59 Å². The normalized spacial score (nSPS) is 19.2. The lowest BCUT2D eigenvalue weighted by atomic mass is 9.98. The van der Waals surface area contributed by atoms with Crippen LogP contribution in [0.25, 0.3) is 11.4 Å². The molecular formula is C19H20ClN5O3. The number of hydrogen-bond acceptors (Lipinski definition) is 6. The molecule has 3 heterocycles. The largest absolute Gasteiger partial charge is 0.374 e. The second kappa shape index (κ2) is 8.45. The van der Waals surface area contributed by atoms with Crippen molar-refractivity contribution in [2.75, 3.05) is 20.2 Å². The van der Waals surface area contributed by atoms with E-state index in [4.69, 9.17) is 16.3 Å². The van der Waals surface area contributed by atoms with E-state index in [1.165, 1.54) is 25.5 Å². The minimum atomic E-state index is -0.348. The molecule has 0 aliphatic carbocycles. The smallest absolute Gasteiger partial charge is 0.269 e. The molecule has 146 valence electrons. The van der Waals surface area contributed by atoms with Crippen molar-refractivity contribution in [2.24, 2.45) is 0 Å². The second-order valence-corrected chi connectivity index (χ2v) is 6.62. The average Bonchev–Trinajstić information content (AvgIpc) is 2.71. The van der Waals surface area contributed by atoms with Crippen molar-refractivity contribution in [2.45, 2.75) is 19.1 Å². The van der Waals surface area contributed by atoms with Gasteiger partial charge in [-0.2, -0.15) is 0 Å². The highest BCUT2D eigenvalue weighted by atomic mass is 35.5. The number of carbonyl (C=O) groups excluding carboxylic acids is 2. The first-order chi connectivity index (χ1) is 13.4. The molecule has 2 atom stereocenters. The Kier molecular flexibility index (Phi) is 6.01. The van der Waals surface area contributed by atoms with Crippen molar-refractivity contribution >= 4 is 23.4 Å². The Morgan fingerprint density at radius 1 is 1.32 bits per heavy atom. The predicted molar refractivity (Wildman–Crippen MR) is 104 cm³/mol. The van der Waals surface area contributed by atoms with Gasteiger partial charge in [0, 0.05) is 13.6 Å². The molecule has 1 aliphatic heterocycles. The number of pyridine rings is 1. The van der Waals surface area contributed by atoms with Crippen LogP contribution in [0.15, 0.2) is 37.2 Å². The summed E-state index contributed by atoms with van der Waals surface area (Å²) in [6, 6.07) is 4.68. The molecule has 0 saturated carbocycles. The quantitative estimate of drug-likeness (QED) is 0.621. The molecule has 2 unspecified atom stereocenters. The number of nitrogens with zero attached hydrogens (tertiary/aromatic N) is 4. The third kappa shape index (κ3) is 4.02. The van der Waals surface area contributed by atoms with E-state index in [1.807, 2.05) is 6.92 Å². The molecule has 3 rings (SSSR count). The minimum absolute atomic E-state index is 0.182. The van der Waals surface area contributed by atoms with Crippen LogP contribution in [-0.4, -0.2) is 58.0 Å². The van der Waals surface area contributed by atoms with E-state index in [2.05, 4.69) is 26.8 Å². The van der Waals surface area contributed by atoms with Crippen LogP contribution in [-0.2, 0) is 9.53 Å². The summed E-state index contributed by atoms with van der Waals surface area (Å²) in [5, 5.41) is 2.77. The van der Waals surface area contributed by atoms with Crippen LogP contribution in [0.4, 0.5) is 0 Å². The van der Waals surface area contributed by atoms with E-state index in [9.17, 15) is 9.59 Å². The van der Waals surface area contributed by atoms with Crippen molar-refractivity contribution in [3.05, 3.63) is 53.6 Å². The zero-order valence-corrected chi connectivity index (χ0v) is 16.3. The van der Waals surface area contributed by atoms with Gasteiger partial charge in [-0.05, 0) is 36.8 Å². The number of rotatable bonds is 4. The second-order valence-electron chi connectivity index (χ2n) is 6.23. The van der Waals surface area contributed by atoms with Gasteiger partial charge >= 0.3 is 0 Å². The first-order valence-electron chi connectivity index (χ1n) is 8.71. The number of carbonyl (C=O) groups is 2. The van der Waals surface area contributed by atoms with Gasteiger partial charge in [0.25, 0.3) is 5.91 Å². The van der Waals surface area contributed by atoms with Gasteiger partial charge < -0.3 is 15.0 Å². The van der Waals surface area contributed by atoms with Gasteiger partial charge in [-0.1, -0.05) is 18.2 Å². The summed E-state index contributed by atoms with van der Waals surface area (Å²) in [7, 11) is 1.52. The van der Waals surface area contributed by atoms with Crippen molar-refractivity contribution in [3.8, 4) is 11.4 Å². The summed E-state index contributed by atoms with van der Waals surface area (Å²) in [6.45, 7) is 6.38. The average molecular weight is 402 g/mol. The Balaban J connectivity index is 2.05. The molecule has 2 amide bonds. The Morgan fingerprint density at radius 2 is 2.11 bits per heavy atom. The third-order valence-electron chi connectivity index (χ3n) is 4.50. The van der Waals surface area contributed by atoms with Gasteiger partial charge in [0.2, 0.25) is 5.91 Å². The number of halogens is 1. The fourth-order valence-electron chi connectivity index (χ4n) is 3.20. The topological polar surface area (TPSA) is 97.3 Å². The zero-order valence-electron chi connectivity index (χ0n) is 15.6. The Morgan fingerprint density at radius 3 is 2.82 bits per heavy atom. The SMILES string of the molecule is C=CC(=O)N1CCOC(C)C1c1cc(Cl)nc(-c2cc(C(=O)NC)ncn2)c1. The predicted octanol–water partition coefficient (Wildman–Crippen LogP) is 2.03. The number of nitrogens with one attached hydrogen (secondary N) is 1. The fraction of sp³-hybridized carbons (Fsp3) is 0.316. The number of morpholine rings is 1. The highest BCUT2D eigenvalue weighted by molar-refractivity contribution is 6.29. The van der Waals surface area contributed by atoms with E-state index in [0.29, 0.717) is 24.5 Å². The van der Waals surface area contributed by atoms with Gasteiger partial charge in [-0.25, -0.2) is 15.0 Å². The van der Waals surface area contributed by atoms with Crippen LogP contribution < -0.4 is 5.32 Å². The van der Waals surface area contributed by atoms with Crippen LogP contribution >= 0.6 is 11.6 Å². The summed E-state index contributed by atoms with van der Waals surface area (Å²) >= 11 is 6.26. The van der Waals surface area contributed by atoms with Gasteiger partial charge in [-0.15, -0.1) is 0 Å². The van der Waals surface area contributed by atoms with E-state index < -0.39 is 0 Å². The molecule has 9 heteroatoms. The van der Waals surface area contributed by atoms with Gasteiger partial charge in [0.1, 0.15) is 17.2 Å². The molecule has 0 aromatic carbocycles. The lowest BCUT2D eigenvalue weighted by Crippen LogP contribution is -2.46. The first kappa shape index (κ1) is 19.9. The van der Waals surface area contributed by atoms with E-state index >= 15 is 0 Å². The van der Waals surface area contributed by atoms with Crippen LogP contribution in [0.3, 0.4) is 0 Å². The number of aromatic nitrogens is 3. The molecular weight excluding hydrogens is 382 g/mol. The lowest BCUT2D eigenvalue weighted by molar-refractivity contribution is -0.140. The molecule has 1 fully saturated rings.